The predicted molar refractivity (Wildman–Crippen MR) is 121 cm³/mol. The van der Waals surface area contributed by atoms with Gasteiger partial charge < -0.3 is 19.9 Å². The number of anilines is 1. The quantitative estimate of drug-likeness (QED) is 0.420. The first-order valence-electron chi connectivity index (χ1n) is 10.0. The topological polar surface area (TPSA) is 105 Å². The molecule has 33 heavy (non-hydrogen) atoms. The van der Waals surface area contributed by atoms with Crippen molar-refractivity contribution in [1.29, 1.82) is 0 Å². The number of carbonyl (C=O) groups is 3. The van der Waals surface area contributed by atoms with Crippen molar-refractivity contribution < 1.29 is 29.0 Å². The third-order valence-corrected chi connectivity index (χ3v) is 4.96. The number of urea groups is 1. The van der Waals surface area contributed by atoms with Crippen LogP contribution in [0, 0.1) is 0 Å². The van der Waals surface area contributed by atoms with E-state index in [2.05, 4.69) is 5.32 Å². The molecule has 2 N–H and O–H groups in total. The summed E-state index contributed by atoms with van der Waals surface area (Å²) in [6.45, 7) is 0.151. The second-order valence-electron chi connectivity index (χ2n) is 7.17. The summed E-state index contributed by atoms with van der Waals surface area (Å²) in [5.41, 5.74) is 2.13. The lowest BCUT2D eigenvalue weighted by molar-refractivity contribution is -0.113. The summed E-state index contributed by atoms with van der Waals surface area (Å²) in [7, 11) is 1.49. The molecule has 3 aromatic rings. The zero-order chi connectivity index (χ0) is 23.4. The van der Waals surface area contributed by atoms with Gasteiger partial charge in [-0.15, -0.1) is 0 Å². The number of ether oxygens (including phenoxy) is 2. The van der Waals surface area contributed by atoms with Crippen molar-refractivity contribution in [1.82, 2.24) is 5.32 Å². The zero-order valence-electron chi connectivity index (χ0n) is 17.6. The van der Waals surface area contributed by atoms with Crippen LogP contribution in [-0.4, -0.2) is 30.1 Å². The number of para-hydroxylation sites is 1. The Morgan fingerprint density at radius 2 is 1.79 bits per heavy atom. The van der Waals surface area contributed by atoms with Gasteiger partial charge in [0.25, 0.3) is 5.91 Å². The first-order valence-corrected chi connectivity index (χ1v) is 10.0. The fourth-order valence-electron chi connectivity index (χ4n) is 3.36. The van der Waals surface area contributed by atoms with Gasteiger partial charge in [0, 0.05) is 0 Å². The Labute approximate surface area is 189 Å². The maximum atomic E-state index is 12.8. The van der Waals surface area contributed by atoms with Crippen LogP contribution in [0.2, 0.25) is 0 Å². The Bertz CT molecular complexity index is 1250. The van der Waals surface area contributed by atoms with Crippen LogP contribution < -0.4 is 19.7 Å². The van der Waals surface area contributed by atoms with Crippen LogP contribution in [0.4, 0.5) is 10.5 Å². The number of nitrogens with zero attached hydrogens (tertiary/aromatic N) is 1. The third kappa shape index (κ3) is 4.69. The van der Waals surface area contributed by atoms with Crippen LogP contribution >= 0.6 is 0 Å². The van der Waals surface area contributed by atoms with Crippen LogP contribution in [0.25, 0.3) is 6.08 Å². The summed E-state index contributed by atoms with van der Waals surface area (Å²) in [6.07, 6.45) is 1.56. The normalized spacial score (nSPS) is 14.3. The van der Waals surface area contributed by atoms with Crippen molar-refractivity contribution >= 4 is 29.7 Å². The standard InChI is InChI=1S/C25H20N2O6/c1-32-22-14-16(10-11-21(22)33-15-17-6-5-7-18(12-17)24(29)30)13-20-23(28)27(25(31)26-20)19-8-3-2-4-9-19/h2-14H,15H2,1H3,(H,26,31)(H,29,30)/b20-13+. The van der Waals surface area contributed by atoms with Crippen LogP contribution in [0.3, 0.4) is 0 Å². The highest BCUT2D eigenvalue weighted by Gasteiger charge is 2.34. The Kier molecular flexibility index (Phi) is 6.08. The number of hydrogen-bond donors (Lipinski definition) is 2. The van der Waals surface area contributed by atoms with Gasteiger partial charge in [-0.1, -0.05) is 36.4 Å². The molecule has 0 spiro atoms. The Balaban J connectivity index is 1.52. The summed E-state index contributed by atoms with van der Waals surface area (Å²) < 4.78 is 11.2. The molecule has 166 valence electrons. The number of carboxylic acid groups (broad SMARTS) is 1. The second kappa shape index (κ2) is 9.27. The van der Waals surface area contributed by atoms with Gasteiger partial charge in [0.1, 0.15) is 12.3 Å². The number of methoxy groups -OCH3 is 1. The van der Waals surface area contributed by atoms with Crippen molar-refractivity contribution in [3.63, 3.8) is 0 Å². The highest BCUT2D eigenvalue weighted by atomic mass is 16.5. The molecule has 8 heteroatoms. The number of amides is 3. The van der Waals surface area contributed by atoms with Crippen molar-refractivity contribution in [3.8, 4) is 11.5 Å². The van der Waals surface area contributed by atoms with E-state index in [9.17, 15) is 14.4 Å². The molecule has 0 aromatic heterocycles. The van der Waals surface area contributed by atoms with Gasteiger partial charge >= 0.3 is 12.0 Å². The molecule has 0 atom stereocenters. The van der Waals surface area contributed by atoms with E-state index in [1.54, 1.807) is 72.8 Å². The lowest BCUT2D eigenvalue weighted by atomic mass is 10.1. The number of carboxylic acids is 1. The van der Waals surface area contributed by atoms with Gasteiger partial charge in [-0.05, 0) is 53.6 Å². The summed E-state index contributed by atoms with van der Waals surface area (Å²) >= 11 is 0. The van der Waals surface area contributed by atoms with Crippen molar-refractivity contribution in [3.05, 3.63) is 95.2 Å². The second-order valence-corrected chi connectivity index (χ2v) is 7.17. The Morgan fingerprint density at radius 1 is 1.00 bits per heavy atom. The SMILES string of the molecule is COc1cc(/C=C2/NC(=O)N(c3ccccc3)C2=O)ccc1OCc1cccc(C(=O)O)c1. The van der Waals surface area contributed by atoms with Crippen molar-refractivity contribution in [2.45, 2.75) is 6.61 Å². The van der Waals surface area contributed by atoms with E-state index >= 15 is 0 Å². The maximum absolute atomic E-state index is 12.8. The number of benzene rings is 3. The number of imide groups is 1. The molecule has 0 aliphatic carbocycles. The van der Waals surface area contributed by atoms with Crippen molar-refractivity contribution in [2.24, 2.45) is 0 Å². The fourth-order valence-corrected chi connectivity index (χ4v) is 3.36. The molecule has 3 amide bonds. The number of nitrogens with one attached hydrogen (secondary N) is 1. The molecule has 0 radical (unpaired) electrons. The molecule has 1 heterocycles. The lowest BCUT2D eigenvalue weighted by Gasteiger charge is -2.12. The minimum absolute atomic E-state index is 0.144. The van der Waals surface area contributed by atoms with E-state index < -0.39 is 17.9 Å². The number of carbonyl (C=O) groups excluding carboxylic acids is 2. The number of rotatable bonds is 7. The molecule has 8 nitrogen and oxygen atoms in total. The highest BCUT2D eigenvalue weighted by Crippen LogP contribution is 2.30. The molecule has 1 saturated heterocycles. The first-order chi connectivity index (χ1) is 16.0. The molecule has 1 aliphatic rings. The van der Waals surface area contributed by atoms with Crippen LogP contribution in [0.15, 0.2) is 78.5 Å². The zero-order valence-corrected chi connectivity index (χ0v) is 17.6. The van der Waals surface area contributed by atoms with Crippen molar-refractivity contribution in [2.75, 3.05) is 12.0 Å². The molecule has 1 fully saturated rings. The largest absolute Gasteiger partial charge is 0.493 e. The molecule has 0 saturated carbocycles. The lowest BCUT2D eigenvalue weighted by Crippen LogP contribution is -2.30. The first kappa shape index (κ1) is 21.6. The van der Waals surface area contributed by atoms with E-state index in [4.69, 9.17) is 14.6 Å². The summed E-state index contributed by atoms with van der Waals surface area (Å²) in [5, 5.41) is 11.7. The predicted octanol–water partition coefficient (Wildman–Crippen LogP) is 4.07. The van der Waals surface area contributed by atoms with Gasteiger partial charge in [-0.3, -0.25) is 4.79 Å². The van der Waals surface area contributed by atoms with Gasteiger partial charge in [-0.25, -0.2) is 14.5 Å². The van der Waals surface area contributed by atoms with E-state index in [-0.39, 0.29) is 17.9 Å². The smallest absolute Gasteiger partial charge is 0.335 e. The molecular weight excluding hydrogens is 424 g/mol. The minimum atomic E-state index is -1.01. The van der Waals surface area contributed by atoms with Crippen LogP contribution in [0.5, 0.6) is 11.5 Å². The monoisotopic (exact) mass is 444 g/mol. The molecular formula is C25H20N2O6. The number of aromatic carboxylic acids is 1. The average molecular weight is 444 g/mol. The summed E-state index contributed by atoms with van der Waals surface area (Å²) in [6, 6.07) is 19.7. The van der Waals surface area contributed by atoms with E-state index in [1.165, 1.54) is 13.2 Å². The van der Waals surface area contributed by atoms with Crippen LogP contribution in [0.1, 0.15) is 21.5 Å². The van der Waals surface area contributed by atoms with E-state index in [1.807, 2.05) is 0 Å². The minimum Gasteiger partial charge on any atom is -0.493 e. The summed E-state index contributed by atoms with van der Waals surface area (Å²) in [5.74, 6) is -0.585. The summed E-state index contributed by atoms with van der Waals surface area (Å²) in [4.78, 5) is 37.3. The van der Waals surface area contributed by atoms with Gasteiger partial charge in [0.2, 0.25) is 0 Å². The highest BCUT2D eigenvalue weighted by molar-refractivity contribution is 6.28. The third-order valence-electron chi connectivity index (χ3n) is 4.96. The van der Waals surface area contributed by atoms with Gasteiger partial charge in [0.05, 0.1) is 18.4 Å². The molecule has 0 bridgehead atoms. The number of hydrogen-bond acceptors (Lipinski definition) is 5. The van der Waals surface area contributed by atoms with Gasteiger partial charge in [0.15, 0.2) is 11.5 Å². The molecule has 4 rings (SSSR count). The average Bonchev–Trinajstić information content (AvgIpc) is 3.11. The van der Waals surface area contributed by atoms with Gasteiger partial charge in [-0.2, -0.15) is 0 Å². The fraction of sp³-hybridized carbons (Fsp3) is 0.0800. The molecule has 1 aliphatic heterocycles. The maximum Gasteiger partial charge on any atom is 0.335 e. The van der Waals surface area contributed by atoms with E-state index in [0.29, 0.717) is 28.3 Å². The Hall–Kier alpha value is -4.59. The Morgan fingerprint density at radius 3 is 2.52 bits per heavy atom. The van der Waals surface area contributed by atoms with E-state index in [0.717, 1.165) is 4.90 Å². The molecule has 0 unspecified atom stereocenters. The van der Waals surface area contributed by atoms with Crippen LogP contribution in [-0.2, 0) is 11.4 Å². The molecule has 3 aromatic carbocycles.